The molecule has 0 saturated carbocycles. The number of halogens is 2. The van der Waals surface area contributed by atoms with Crippen molar-refractivity contribution in [2.45, 2.75) is 64.5 Å². The molecule has 0 unspecified atom stereocenters. The molecule has 0 N–H and O–H groups in total. The van der Waals surface area contributed by atoms with Crippen LogP contribution in [-0.4, -0.2) is 6.19 Å². The number of hydrogen-bond donors (Lipinski definition) is 0. The van der Waals surface area contributed by atoms with E-state index in [4.69, 9.17) is 18.6 Å². The van der Waals surface area contributed by atoms with Crippen molar-refractivity contribution in [2.75, 3.05) is 0 Å². The fourth-order valence-corrected chi connectivity index (χ4v) is 3.23. The van der Waals surface area contributed by atoms with Gasteiger partial charge in [-0.1, -0.05) is 51.4 Å². The van der Waals surface area contributed by atoms with Gasteiger partial charge in [-0.25, -0.2) is 12.1 Å². The minimum atomic E-state index is -1.42. The Balaban J connectivity index is 0.000000134. The normalized spacial score (nSPS) is 15.0. The number of fused-ring (bicyclic) bond motifs is 2. The first-order valence-electron chi connectivity index (χ1n) is 9.03. The number of aryl methyl sites for hydroxylation is 4. The van der Waals surface area contributed by atoms with E-state index in [0.717, 1.165) is 0 Å². The molecule has 24 heavy (non-hydrogen) atoms. The van der Waals surface area contributed by atoms with Crippen LogP contribution in [0.2, 0.25) is 13.1 Å². The summed E-state index contributed by atoms with van der Waals surface area (Å²) in [7, 11) is 11.2. The van der Waals surface area contributed by atoms with Gasteiger partial charge in [-0.15, -0.1) is 0 Å². The van der Waals surface area contributed by atoms with E-state index in [9.17, 15) is 0 Å². The van der Waals surface area contributed by atoms with Gasteiger partial charge in [-0.2, -0.15) is 46.5 Å². The van der Waals surface area contributed by atoms with Gasteiger partial charge in [0, 0.05) is 0 Å². The molecule has 0 bridgehead atoms. The van der Waals surface area contributed by atoms with Crippen LogP contribution in [0.1, 0.15) is 47.9 Å². The smallest absolute Gasteiger partial charge is 0.0512 e. The first-order chi connectivity index (χ1) is 11.6. The Kier molecular flexibility index (Phi) is 9.44. The van der Waals surface area contributed by atoms with Crippen LogP contribution in [-0.2, 0) is 40.2 Å². The van der Waals surface area contributed by atoms with Gasteiger partial charge in [-0.3, -0.25) is 0 Å². The average molecular weight is 415 g/mol. The Hall–Kier alpha value is 0.211. The van der Waals surface area contributed by atoms with Crippen molar-refractivity contribution in [3.05, 3.63) is 58.7 Å². The zero-order valence-corrected chi connectivity index (χ0v) is 19.0. The SMILES string of the molecule is C[Si](C)=[Ti]([Cl])[Cl].c1cc2c([cH-]1)CCCC2.c1cc2c([cH-]1)CCCC2. The summed E-state index contributed by atoms with van der Waals surface area (Å²) < 4.78 is 0. The molecule has 0 amide bonds. The molecule has 4 heteroatoms. The van der Waals surface area contributed by atoms with Crippen molar-refractivity contribution < 1.29 is 14.5 Å². The Morgan fingerprint density at radius 3 is 1.50 bits per heavy atom. The number of rotatable bonds is 0. The maximum Gasteiger partial charge on any atom is -0.0512 e. The summed E-state index contributed by atoms with van der Waals surface area (Å²) in [6, 6.07) is 13.4. The molecule has 2 aromatic carbocycles. The van der Waals surface area contributed by atoms with Gasteiger partial charge in [-0.05, 0) is 0 Å². The van der Waals surface area contributed by atoms with E-state index in [1.807, 2.05) is 0 Å². The van der Waals surface area contributed by atoms with E-state index in [0.29, 0.717) is 0 Å². The average Bonchev–Trinajstić information content (AvgIpc) is 3.24. The summed E-state index contributed by atoms with van der Waals surface area (Å²) in [5.74, 6) is 0. The van der Waals surface area contributed by atoms with Crippen LogP contribution in [0.15, 0.2) is 36.4 Å². The summed E-state index contributed by atoms with van der Waals surface area (Å²) in [5, 5.41) is 0. The standard InChI is InChI=1S/2C9H11.C2H6Si.2ClH.Ti/c2*1-2-5-9-7-3-6-8(9)4-1;1-3-2;;;/h2*3,6-7H,1-2,4-5H2;1-2H3;2*1H;/q2*-1;;;;+2/p-2. The van der Waals surface area contributed by atoms with E-state index in [1.165, 1.54) is 51.4 Å². The molecule has 4 rings (SSSR count). The van der Waals surface area contributed by atoms with Crippen molar-refractivity contribution >= 4 is 24.8 Å². The maximum atomic E-state index is 5.59. The molecule has 0 aromatic heterocycles. The van der Waals surface area contributed by atoms with Gasteiger partial charge in [0.05, 0.1) is 0 Å². The van der Waals surface area contributed by atoms with Crippen molar-refractivity contribution in [1.82, 2.24) is 0 Å². The molecule has 0 atom stereocenters. The van der Waals surface area contributed by atoms with Gasteiger partial charge in [0.2, 0.25) is 0 Å². The van der Waals surface area contributed by atoms with Crippen LogP contribution in [0.25, 0.3) is 0 Å². The Morgan fingerprint density at radius 2 is 1.17 bits per heavy atom. The van der Waals surface area contributed by atoms with Gasteiger partial charge < -0.3 is 0 Å². The zero-order chi connectivity index (χ0) is 17.4. The molecular weight excluding hydrogens is 387 g/mol. The molecule has 2 aliphatic carbocycles. The quantitative estimate of drug-likeness (QED) is 0.331. The predicted molar refractivity (Wildman–Crippen MR) is 107 cm³/mol. The van der Waals surface area contributed by atoms with Gasteiger partial charge in [0.15, 0.2) is 0 Å². The maximum absolute atomic E-state index is 5.59. The molecule has 0 nitrogen and oxygen atoms in total. The minimum Gasteiger partial charge on any atom is -0.210 e. The van der Waals surface area contributed by atoms with Crippen LogP contribution < -0.4 is 0 Å². The molecule has 2 aromatic rings. The van der Waals surface area contributed by atoms with Gasteiger partial charge >= 0.3 is 52.4 Å². The topological polar surface area (TPSA) is 0 Å². The molecular formula is C20H28Cl2SiTi-2. The summed E-state index contributed by atoms with van der Waals surface area (Å²) in [5.41, 5.74) is 6.39. The summed E-state index contributed by atoms with van der Waals surface area (Å²) in [4.78, 5) is 0. The Morgan fingerprint density at radius 1 is 0.792 bits per heavy atom. The molecule has 0 heterocycles. The van der Waals surface area contributed by atoms with Crippen LogP contribution in [0.5, 0.6) is 0 Å². The van der Waals surface area contributed by atoms with Crippen LogP contribution in [0.3, 0.4) is 0 Å². The minimum absolute atomic E-state index is 0.254. The third-order valence-electron chi connectivity index (χ3n) is 4.68. The monoisotopic (exact) mass is 414 g/mol. The van der Waals surface area contributed by atoms with E-state index >= 15 is 0 Å². The van der Waals surface area contributed by atoms with E-state index < -0.39 is 14.5 Å². The summed E-state index contributed by atoms with van der Waals surface area (Å²) in [6.07, 6.45) is 10.6. The summed E-state index contributed by atoms with van der Waals surface area (Å²) >= 11 is -1.42. The zero-order valence-electron chi connectivity index (χ0n) is 14.9. The number of hydrogen-bond acceptors (Lipinski definition) is 0. The molecule has 0 radical (unpaired) electrons. The second-order valence-electron chi connectivity index (χ2n) is 6.83. The molecule has 0 spiro atoms. The second kappa shape index (κ2) is 11.0. The van der Waals surface area contributed by atoms with Crippen LogP contribution in [0.4, 0.5) is 0 Å². The Labute approximate surface area is 161 Å². The van der Waals surface area contributed by atoms with Crippen molar-refractivity contribution in [2.24, 2.45) is 0 Å². The largest absolute Gasteiger partial charge is 0.210 e. The first-order valence-corrected chi connectivity index (χ1v) is 18.2. The third kappa shape index (κ3) is 6.84. The van der Waals surface area contributed by atoms with Crippen LogP contribution >= 0.6 is 18.6 Å². The molecule has 0 fully saturated rings. The Bertz CT molecular complexity index is 549. The molecule has 0 aliphatic heterocycles. The van der Waals surface area contributed by atoms with Crippen molar-refractivity contribution in [3.8, 4) is 0 Å². The molecule has 0 saturated heterocycles. The third-order valence-corrected chi connectivity index (χ3v) is 18.3. The van der Waals surface area contributed by atoms with Gasteiger partial charge in [0.25, 0.3) is 0 Å². The van der Waals surface area contributed by atoms with Crippen molar-refractivity contribution in [3.63, 3.8) is 0 Å². The van der Waals surface area contributed by atoms with E-state index in [1.54, 1.807) is 22.3 Å². The van der Waals surface area contributed by atoms with Crippen molar-refractivity contribution in [1.29, 1.82) is 0 Å². The predicted octanol–water partition coefficient (Wildman–Crippen LogP) is 6.73. The molecule has 132 valence electrons. The van der Waals surface area contributed by atoms with E-state index in [-0.39, 0.29) is 6.19 Å². The van der Waals surface area contributed by atoms with Gasteiger partial charge in [0.1, 0.15) is 0 Å². The fraction of sp³-hybridized carbons (Fsp3) is 0.500. The molecule has 2 aliphatic rings. The first kappa shape index (κ1) is 20.5. The fourth-order valence-electron chi connectivity index (χ4n) is 3.23. The second-order valence-corrected chi connectivity index (χ2v) is 22.9. The summed E-state index contributed by atoms with van der Waals surface area (Å²) in [6.45, 7) is 4.31. The van der Waals surface area contributed by atoms with Crippen LogP contribution in [0, 0.1) is 0 Å². The van der Waals surface area contributed by atoms with E-state index in [2.05, 4.69) is 49.5 Å².